The first-order chi connectivity index (χ1) is 6.70. The zero-order valence-corrected chi connectivity index (χ0v) is 8.51. The summed E-state index contributed by atoms with van der Waals surface area (Å²) in [7, 11) is 0. The van der Waals surface area contributed by atoms with Gasteiger partial charge in [0.2, 0.25) is 0 Å². The average molecular weight is 195 g/mol. The Hall–Kier alpha value is -0.870. The van der Waals surface area contributed by atoms with Gasteiger partial charge in [0.15, 0.2) is 0 Å². The van der Waals surface area contributed by atoms with E-state index in [2.05, 4.69) is 15.3 Å². The van der Waals surface area contributed by atoms with Gasteiger partial charge in [-0.05, 0) is 26.3 Å². The highest BCUT2D eigenvalue weighted by Gasteiger charge is 2.30. The summed E-state index contributed by atoms with van der Waals surface area (Å²) in [6.45, 7) is 3.68. The van der Waals surface area contributed by atoms with Crippen molar-refractivity contribution in [1.82, 2.24) is 15.3 Å². The molecule has 1 atom stereocenters. The first-order valence-electron chi connectivity index (χ1n) is 5.12. The Labute approximate surface area is 83.8 Å². The van der Waals surface area contributed by atoms with E-state index in [0.717, 1.165) is 30.8 Å². The monoisotopic (exact) mass is 195 g/mol. The lowest BCUT2D eigenvalue weighted by Gasteiger charge is -2.32. The Morgan fingerprint density at radius 2 is 2.50 bits per heavy atom. The van der Waals surface area contributed by atoms with Crippen LogP contribution in [0.15, 0.2) is 6.33 Å². The van der Waals surface area contributed by atoms with Crippen LogP contribution in [-0.2, 0) is 6.42 Å². The van der Waals surface area contributed by atoms with E-state index in [1.807, 2.05) is 6.92 Å². The summed E-state index contributed by atoms with van der Waals surface area (Å²) >= 11 is 0. The molecule has 0 aromatic carbocycles. The molecule has 1 aromatic heterocycles. The molecule has 1 saturated heterocycles. The van der Waals surface area contributed by atoms with E-state index in [0.29, 0.717) is 13.0 Å². The molecule has 0 bridgehead atoms. The predicted molar refractivity (Wildman–Crippen MR) is 54.1 cm³/mol. The summed E-state index contributed by atoms with van der Waals surface area (Å²) in [4.78, 5) is 7.24. The van der Waals surface area contributed by atoms with Crippen LogP contribution in [0.1, 0.15) is 24.2 Å². The van der Waals surface area contributed by atoms with E-state index in [-0.39, 0.29) is 0 Å². The minimum atomic E-state index is -0.599. The first-order valence-corrected chi connectivity index (χ1v) is 5.12. The van der Waals surface area contributed by atoms with Crippen molar-refractivity contribution < 1.29 is 5.11 Å². The molecule has 1 aromatic rings. The molecular weight excluding hydrogens is 178 g/mol. The summed E-state index contributed by atoms with van der Waals surface area (Å²) < 4.78 is 0. The van der Waals surface area contributed by atoms with Gasteiger partial charge >= 0.3 is 0 Å². The smallest absolute Gasteiger partial charge is 0.0925 e. The van der Waals surface area contributed by atoms with Crippen LogP contribution in [0.4, 0.5) is 0 Å². The second kappa shape index (κ2) is 3.71. The molecule has 2 rings (SSSR count). The topological polar surface area (TPSA) is 60.9 Å². The maximum Gasteiger partial charge on any atom is 0.0925 e. The van der Waals surface area contributed by atoms with Gasteiger partial charge in [0.25, 0.3) is 0 Å². The van der Waals surface area contributed by atoms with Crippen LogP contribution in [0.5, 0.6) is 0 Å². The van der Waals surface area contributed by atoms with Crippen LogP contribution in [0.3, 0.4) is 0 Å². The predicted octanol–water partition coefficient (Wildman–Crippen LogP) is 0.375. The minimum absolute atomic E-state index is 0.599. The SMILES string of the molecule is Cc1[nH]cnc1CC1(O)CCCNC1. The van der Waals surface area contributed by atoms with Gasteiger partial charge in [-0.1, -0.05) is 0 Å². The number of aromatic amines is 1. The maximum absolute atomic E-state index is 10.3. The quantitative estimate of drug-likeness (QED) is 0.639. The van der Waals surface area contributed by atoms with Crippen molar-refractivity contribution in [3.8, 4) is 0 Å². The summed E-state index contributed by atoms with van der Waals surface area (Å²) in [6, 6.07) is 0. The minimum Gasteiger partial charge on any atom is -0.388 e. The number of hydrogen-bond donors (Lipinski definition) is 3. The van der Waals surface area contributed by atoms with Crippen LogP contribution in [-0.4, -0.2) is 33.8 Å². The van der Waals surface area contributed by atoms with Crippen molar-refractivity contribution in [3.05, 3.63) is 17.7 Å². The van der Waals surface area contributed by atoms with Crippen molar-refractivity contribution >= 4 is 0 Å². The maximum atomic E-state index is 10.3. The number of aryl methyl sites for hydroxylation is 1. The van der Waals surface area contributed by atoms with Crippen molar-refractivity contribution in [2.45, 2.75) is 31.8 Å². The largest absolute Gasteiger partial charge is 0.388 e. The lowest BCUT2D eigenvalue weighted by molar-refractivity contribution is 0.0160. The third-order valence-electron chi connectivity index (χ3n) is 2.88. The summed E-state index contributed by atoms with van der Waals surface area (Å²) in [6.07, 6.45) is 4.24. The van der Waals surface area contributed by atoms with Crippen LogP contribution in [0.25, 0.3) is 0 Å². The molecule has 4 nitrogen and oxygen atoms in total. The Kier molecular flexibility index (Phi) is 2.56. The van der Waals surface area contributed by atoms with E-state index in [1.165, 1.54) is 0 Å². The van der Waals surface area contributed by atoms with E-state index in [9.17, 15) is 5.11 Å². The Morgan fingerprint density at radius 3 is 3.07 bits per heavy atom. The van der Waals surface area contributed by atoms with Crippen LogP contribution in [0.2, 0.25) is 0 Å². The molecule has 0 radical (unpaired) electrons. The van der Waals surface area contributed by atoms with Gasteiger partial charge in [0.05, 0.1) is 17.6 Å². The van der Waals surface area contributed by atoms with E-state index < -0.39 is 5.60 Å². The molecule has 0 saturated carbocycles. The molecule has 3 N–H and O–H groups in total. The Bertz CT molecular complexity index is 302. The Balaban J connectivity index is 2.05. The molecule has 1 fully saturated rings. The van der Waals surface area contributed by atoms with Crippen LogP contribution >= 0.6 is 0 Å². The number of imidazole rings is 1. The fourth-order valence-corrected chi connectivity index (χ4v) is 1.98. The van der Waals surface area contributed by atoms with Crippen LogP contribution in [0, 0.1) is 6.92 Å². The molecule has 4 heteroatoms. The van der Waals surface area contributed by atoms with Gasteiger partial charge in [0, 0.05) is 18.7 Å². The number of aromatic nitrogens is 2. The zero-order valence-electron chi connectivity index (χ0n) is 8.51. The summed E-state index contributed by atoms with van der Waals surface area (Å²) in [5.41, 5.74) is 1.44. The number of nitrogens with one attached hydrogen (secondary N) is 2. The first kappa shape index (κ1) is 9.68. The molecule has 1 aliphatic rings. The molecule has 0 amide bonds. The van der Waals surface area contributed by atoms with E-state index >= 15 is 0 Å². The highest BCUT2D eigenvalue weighted by Crippen LogP contribution is 2.21. The molecule has 0 spiro atoms. The lowest BCUT2D eigenvalue weighted by Crippen LogP contribution is -2.47. The number of β-amino-alcohol motifs (C(OH)–C–C–N with tert-alkyl or cyclic N) is 1. The highest BCUT2D eigenvalue weighted by molar-refractivity contribution is 5.12. The Morgan fingerprint density at radius 1 is 1.64 bits per heavy atom. The van der Waals surface area contributed by atoms with Gasteiger partial charge in [0.1, 0.15) is 0 Å². The fourth-order valence-electron chi connectivity index (χ4n) is 1.98. The number of H-pyrrole nitrogens is 1. The molecule has 2 heterocycles. The van der Waals surface area contributed by atoms with E-state index in [1.54, 1.807) is 6.33 Å². The van der Waals surface area contributed by atoms with Gasteiger partial charge in [-0.3, -0.25) is 0 Å². The van der Waals surface area contributed by atoms with Gasteiger partial charge in [-0.15, -0.1) is 0 Å². The third-order valence-corrected chi connectivity index (χ3v) is 2.88. The summed E-state index contributed by atoms with van der Waals surface area (Å²) in [5.74, 6) is 0. The van der Waals surface area contributed by atoms with Gasteiger partial charge in [-0.25, -0.2) is 4.98 Å². The van der Waals surface area contributed by atoms with Crippen molar-refractivity contribution in [3.63, 3.8) is 0 Å². The number of rotatable bonds is 2. The van der Waals surface area contributed by atoms with Crippen molar-refractivity contribution in [2.75, 3.05) is 13.1 Å². The fraction of sp³-hybridized carbons (Fsp3) is 0.700. The molecule has 78 valence electrons. The molecular formula is C10H17N3O. The lowest BCUT2D eigenvalue weighted by atomic mass is 9.89. The highest BCUT2D eigenvalue weighted by atomic mass is 16.3. The third kappa shape index (κ3) is 1.96. The second-order valence-corrected chi connectivity index (χ2v) is 4.16. The molecule has 1 unspecified atom stereocenters. The molecule has 1 aliphatic heterocycles. The average Bonchev–Trinajstić information content (AvgIpc) is 2.52. The normalized spacial score (nSPS) is 27.9. The van der Waals surface area contributed by atoms with Crippen molar-refractivity contribution in [1.29, 1.82) is 0 Å². The standard InChI is InChI=1S/C10H17N3O/c1-8-9(13-7-12-8)5-10(14)3-2-4-11-6-10/h7,11,14H,2-6H2,1H3,(H,12,13). The second-order valence-electron chi connectivity index (χ2n) is 4.16. The van der Waals surface area contributed by atoms with Gasteiger partial charge < -0.3 is 15.4 Å². The molecule has 0 aliphatic carbocycles. The van der Waals surface area contributed by atoms with Crippen molar-refractivity contribution in [2.24, 2.45) is 0 Å². The zero-order chi connectivity index (χ0) is 10.0. The summed E-state index contributed by atoms with van der Waals surface area (Å²) in [5, 5.41) is 13.5. The van der Waals surface area contributed by atoms with E-state index in [4.69, 9.17) is 0 Å². The number of hydrogen-bond acceptors (Lipinski definition) is 3. The number of nitrogens with zero attached hydrogens (tertiary/aromatic N) is 1. The van der Waals surface area contributed by atoms with Gasteiger partial charge in [-0.2, -0.15) is 0 Å². The number of aliphatic hydroxyl groups is 1. The molecule has 14 heavy (non-hydrogen) atoms. The van der Waals surface area contributed by atoms with Crippen LogP contribution < -0.4 is 5.32 Å². The number of piperidine rings is 1.